The number of nitrogens with zero attached hydrogens (tertiary/aromatic N) is 2. The molecule has 0 radical (unpaired) electrons. The molecule has 102 valence electrons. The Morgan fingerprint density at radius 2 is 2.21 bits per heavy atom. The molecule has 1 aliphatic carbocycles. The highest BCUT2D eigenvalue weighted by molar-refractivity contribution is 5.74. The minimum Gasteiger partial charge on any atom is -0.367 e. The average Bonchev–Trinajstić information content (AvgIpc) is 2.83. The van der Waals surface area contributed by atoms with Crippen LogP contribution < -0.4 is 5.32 Å². The first-order valence-corrected chi connectivity index (χ1v) is 7.24. The largest absolute Gasteiger partial charge is 0.367 e. The van der Waals surface area contributed by atoms with Crippen molar-refractivity contribution in [3.63, 3.8) is 0 Å². The summed E-state index contributed by atoms with van der Waals surface area (Å²) in [6, 6.07) is 4.85. The Bertz CT molecular complexity index is 470. The van der Waals surface area contributed by atoms with E-state index in [4.69, 9.17) is 0 Å². The van der Waals surface area contributed by atoms with E-state index >= 15 is 0 Å². The second kappa shape index (κ2) is 5.19. The Labute approximate surface area is 114 Å². The second-order valence-corrected chi connectivity index (χ2v) is 5.58. The van der Waals surface area contributed by atoms with E-state index in [0.717, 1.165) is 25.2 Å². The molecule has 4 heteroatoms. The Hall–Kier alpha value is -1.58. The van der Waals surface area contributed by atoms with Crippen LogP contribution in [0.3, 0.4) is 0 Å². The van der Waals surface area contributed by atoms with Crippen molar-refractivity contribution < 1.29 is 4.79 Å². The monoisotopic (exact) mass is 259 g/mol. The molecule has 0 spiro atoms. The number of rotatable bonds is 3. The first-order chi connectivity index (χ1) is 9.25. The summed E-state index contributed by atoms with van der Waals surface area (Å²) in [6.45, 7) is 2.53. The zero-order chi connectivity index (χ0) is 13.2. The van der Waals surface area contributed by atoms with Gasteiger partial charge in [-0.05, 0) is 38.2 Å². The summed E-state index contributed by atoms with van der Waals surface area (Å²) in [5.41, 5.74) is 1.18. The lowest BCUT2D eigenvalue weighted by Gasteiger charge is -2.30. The van der Waals surface area contributed by atoms with Gasteiger partial charge in [0.25, 0.3) is 0 Å². The number of hydrogen-bond acceptors (Lipinski definition) is 3. The number of carbonyl (C=O) groups excluding carboxylic acids is 1. The van der Waals surface area contributed by atoms with E-state index < -0.39 is 0 Å². The first-order valence-electron chi connectivity index (χ1n) is 7.24. The van der Waals surface area contributed by atoms with E-state index in [1.165, 1.54) is 24.8 Å². The van der Waals surface area contributed by atoms with Gasteiger partial charge in [-0.25, -0.2) is 4.98 Å². The molecule has 1 saturated heterocycles. The number of pyridine rings is 1. The van der Waals surface area contributed by atoms with Crippen LogP contribution in [0.15, 0.2) is 18.3 Å². The van der Waals surface area contributed by atoms with E-state index in [1.807, 2.05) is 17.2 Å². The predicted molar refractivity (Wildman–Crippen MR) is 74.9 cm³/mol. The molecule has 3 rings (SSSR count). The molecule has 2 heterocycles. The maximum absolute atomic E-state index is 11.7. The van der Waals surface area contributed by atoms with E-state index in [0.29, 0.717) is 6.04 Å². The van der Waals surface area contributed by atoms with Gasteiger partial charge in [-0.1, -0.05) is 6.07 Å². The molecule has 0 unspecified atom stereocenters. The van der Waals surface area contributed by atoms with Gasteiger partial charge in [0.1, 0.15) is 5.82 Å². The van der Waals surface area contributed by atoms with Crippen LogP contribution in [0, 0.1) is 0 Å². The van der Waals surface area contributed by atoms with Gasteiger partial charge in [-0.2, -0.15) is 0 Å². The lowest BCUT2D eigenvalue weighted by atomic mass is 9.92. The van der Waals surface area contributed by atoms with Crippen molar-refractivity contribution >= 4 is 11.7 Å². The normalized spacial score (nSPS) is 23.2. The molecule has 2 fully saturated rings. The number of anilines is 1. The van der Waals surface area contributed by atoms with Gasteiger partial charge in [-0.3, -0.25) is 4.79 Å². The number of aromatic nitrogens is 1. The van der Waals surface area contributed by atoms with E-state index in [1.54, 1.807) is 6.92 Å². The zero-order valence-electron chi connectivity index (χ0n) is 11.4. The van der Waals surface area contributed by atoms with E-state index in [-0.39, 0.29) is 11.9 Å². The van der Waals surface area contributed by atoms with Crippen molar-refractivity contribution in [2.75, 3.05) is 11.9 Å². The van der Waals surface area contributed by atoms with Gasteiger partial charge in [0, 0.05) is 31.3 Å². The fourth-order valence-electron chi connectivity index (χ4n) is 3.02. The van der Waals surface area contributed by atoms with Crippen LogP contribution in [0.4, 0.5) is 5.82 Å². The second-order valence-electron chi connectivity index (χ2n) is 5.58. The molecule has 1 aliphatic heterocycles. The topological polar surface area (TPSA) is 45.2 Å². The number of likely N-dealkylation sites (tertiary alicyclic amines) is 1. The third-order valence-corrected chi connectivity index (χ3v) is 4.30. The Balaban J connectivity index is 1.84. The molecule has 2 aliphatic rings. The van der Waals surface area contributed by atoms with Crippen LogP contribution >= 0.6 is 0 Å². The Kier molecular flexibility index (Phi) is 3.40. The van der Waals surface area contributed by atoms with Crippen molar-refractivity contribution in [2.45, 2.75) is 51.1 Å². The summed E-state index contributed by atoms with van der Waals surface area (Å²) < 4.78 is 0. The maximum atomic E-state index is 11.7. The van der Waals surface area contributed by atoms with Crippen LogP contribution in [0.25, 0.3) is 0 Å². The Morgan fingerprint density at radius 3 is 2.89 bits per heavy atom. The third-order valence-electron chi connectivity index (χ3n) is 4.30. The van der Waals surface area contributed by atoms with E-state index in [9.17, 15) is 4.79 Å². The zero-order valence-corrected chi connectivity index (χ0v) is 11.4. The Morgan fingerprint density at radius 1 is 1.37 bits per heavy atom. The molecule has 1 amide bonds. The van der Waals surface area contributed by atoms with Gasteiger partial charge in [0.2, 0.25) is 5.91 Å². The van der Waals surface area contributed by atoms with Crippen LogP contribution in [-0.4, -0.2) is 28.4 Å². The molecule has 0 bridgehead atoms. The molecule has 1 saturated carbocycles. The van der Waals surface area contributed by atoms with Crippen molar-refractivity contribution in [1.29, 1.82) is 0 Å². The summed E-state index contributed by atoms with van der Waals surface area (Å²) >= 11 is 0. The summed E-state index contributed by atoms with van der Waals surface area (Å²) in [4.78, 5) is 18.2. The molecular formula is C15H21N3O. The first kappa shape index (κ1) is 12.5. The number of nitrogens with one attached hydrogen (secondary N) is 1. The highest BCUT2D eigenvalue weighted by atomic mass is 16.2. The van der Waals surface area contributed by atoms with Crippen molar-refractivity contribution in [3.05, 3.63) is 23.9 Å². The lowest BCUT2D eigenvalue weighted by Crippen LogP contribution is -2.31. The van der Waals surface area contributed by atoms with Gasteiger partial charge >= 0.3 is 0 Å². The van der Waals surface area contributed by atoms with Gasteiger partial charge in [0.15, 0.2) is 0 Å². The highest BCUT2D eigenvalue weighted by Gasteiger charge is 2.30. The summed E-state index contributed by atoms with van der Waals surface area (Å²) in [6.07, 6.45) is 7.74. The molecule has 1 aromatic rings. The lowest BCUT2D eigenvalue weighted by molar-refractivity contribution is -0.129. The van der Waals surface area contributed by atoms with Crippen molar-refractivity contribution in [2.24, 2.45) is 0 Å². The molecule has 1 N–H and O–H groups in total. The average molecular weight is 259 g/mol. The quantitative estimate of drug-likeness (QED) is 0.907. The van der Waals surface area contributed by atoms with Crippen LogP contribution in [0.2, 0.25) is 0 Å². The van der Waals surface area contributed by atoms with Crippen molar-refractivity contribution in [1.82, 2.24) is 9.88 Å². The van der Waals surface area contributed by atoms with Crippen LogP contribution in [0.1, 0.15) is 50.6 Å². The number of amides is 1. The molecule has 4 nitrogen and oxygen atoms in total. The SMILES string of the molecule is CC(=O)N1CCC[C@H]1c1cccnc1NC1CCC1. The van der Waals surface area contributed by atoms with Gasteiger partial charge in [0.05, 0.1) is 6.04 Å². The minimum absolute atomic E-state index is 0.168. The standard InChI is InChI=1S/C15H21N3O/c1-11(19)18-10-4-8-14(18)13-7-3-9-16-15(13)17-12-5-2-6-12/h3,7,9,12,14H,2,4-6,8,10H2,1H3,(H,16,17)/t14-/m0/s1. The van der Waals surface area contributed by atoms with Gasteiger partial charge < -0.3 is 10.2 Å². The fraction of sp³-hybridized carbons (Fsp3) is 0.600. The predicted octanol–water partition coefficient (Wildman–Crippen LogP) is 2.73. The van der Waals surface area contributed by atoms with Gasteiger partial charge in [-0.15, -0.1) is 0 Å². The summed E-state index contributed by atoms with van der Waals surface area (Å²) in [5, 5.41) is 3.53. The molecule has 1 aromatic heterocycles. The van der Waals surface area contributed by atoms with Crippen LogP contribution in [-0.2, 0) is 4.79 Å². The number of carbonyl (C=O) groups is 1. The number of hydrogen-bond donors (Lipinski definition) is 1. The maximum Gasteiger partial charge on any atom is 0.219 e. The molecular weight excluding hydrogens is 238 g/mol. The summed E-state index contributed by atoms with van der Waals surface area (Å²) in [7, 11) is 0. The highest BCUT2D eigenvalue weighted by Crippen LogP contribution is 2.36. The van der Waals surface area contributed by atoms with E-state index in [2.05, 4.69) is 16.4 Å². The molecule has 1 atom stereocenters. The fourth-order valence-corrected chi connectivity index (χ4v) is 3.02. The smallest absolute Gasteiger partial charge is 0.219 e. The minimum atomic E-state index is 0.168. The van der Waals surface area contributed by atoms with Crippen LogP contribution in [0.5, 0.6) is 0 Å². The molecule has 0 aromatic carbocycles. The third kappa shape index (κ3) is 2.44. The molecule has 19 heavy (non-hydrogen) atoms. The van der Waals surface area contributed by atoms with Crippen molar-refractivity contribution in [3.8, 4) is 0 Å². The summed E-state index contributed by atoms with van der Waals surface area (Å²) in [5.74, 6) is 1.14.